The van der Waals surface area contributed by atoms with Crippen LogP contribution in [0.1, 0.15) is 84.0 Å². The van der Waals surface area contributed by atoms with Crippen molar-refractivity contribution in [2.75, 3.05) is 54.4 Å². The Morgan fingerprint density at radius 3 is 1.46 bits per heavy atom. The van der Waals surface area contributed by atoms with Gasteiger partial charge < -0.3 is 20.0 Å². The molecular weight excluding hydrogens is 510 g/mol. The molecule has 2 aromatic carbocycles. The molecule has 41 heavy (non-hydrogen) atoms. The van der Waals surface area contributed by atoms with E-state index in [-0.39, 0.29) is 11.8 Å². The summed E-state index contributed by atoms with van der Waals surface area (Å²) >= 11 is 0. The fraction of sp³-hybridized carbons (Fsp3) is 0.647. The second kappa shape index (κ2) is 17.3. The van der Waals surface area contributed by atoms with Gasteiger partial charge in [0.15, 0.2) is 0 Å². The topological polar surface area (TPSA) is 76.6 Å². The SMILES string of the molecule is CCCCCCCCCCCCn1c(O)c2ccc(=NCCCN(C)C)c3c(=NCCCN(C)C)ccc(c1O)c23. The van der Waals surface area contributed by atoms with E-state index in [1.165, 1.54) is 51.4 Å². The average Bonchev–Trinajstić information content (AvgIpc) is 2.94. The zero-order valence-corrected chi connectivity index (χ0v) is 26.5. The molecule has 0 aliphatic heterocycles. The van der Waals surface area contributed by atoms with E-state index in [1.807, 2.05) is 24.3 Å². The van der Waals surface area contributed by atoms with Crippen molar-refractivity contribution in [3.8, 4) is 11.8 Å². The molecule has 0 radical (unpaired) electrons. The standard InChI is InChI=1S/C34H55N5O2/c1-6-7-8-9-10-11-12-13-14-15-26-39-33(40)27-18-20-29(35-22-16-24-37(2)3)32-30(36-23-17-25-38(4)5)21-19-28(31(27)32)34(39)41/h18-21,40-41H,6-17,22-26H2,1-5H3. The molecule has 1 heterocycles. The molecule has 1 aromatic heterocycles. The summed E-state index contributed by atoms with van der Waals surface area (Å²) in [6.45, 7) is 6.24. The highest BCUT2D eigenvalue weighted by atomic mass is 16.3. The lowest BCUT2D eigenvalue weighted by atomic mass is 10.0. The van der Waals surface area contributed by atoms with Gasteiger partial charge in [0.1, 0.15) is 0 Å². The van der Waals surface area contributed by atoms with Crippen LogP contribution in [-0.2, 0) is 6.54 Å². The summed E-state index contributed by atoms with van der Waals surface area (Å²) in [4.78, 5) is 14.2. The molecule has 0 aliphatic carbocycles. The molecule has 0 saturated carbocycles. The second-order valence-corrected chi connectivity index (χ2v) is 12.1. The predicted molar refractivity (Wildman–Crippen MR) is 173 cm³/mol. The minimum atomic E-state index is 0.125. The van der Waals surface area contributed by atoms with Crippen molar-refractivity contribution < 1.29 is 10.2 Å². The summed E-state index contributed by atoms with van der Waals surface area (Å²) in [6.07, 6.45) is 14.4. The first-order valence-electron chi connectivity index (χ1n) is 16.0. The van der Waals surface area contributed by atoms with Crippen molar-refractivity contribution in [3.05, 3.63) is 35.0 Å². The van der Waals surface area contributed by atoms with E-state index in [9.17, 15) is 10.2 Å². The van der Waals surface area contributed by atoms with Crippen LogP contribution in [0.3, 0.4) is 0 Å². The summed E-state index contributed by atoms with van der Waals surface area (Å²) in [5.41, 5.74) is 0. The molecule has 0 fully saturated rings. The van der Waals surface area contributed by atoms with Gasteiger partial charge in [0.25, 0.3) is 0 Å². The van der Waals surface area contributed by atoms with Crippen LogP contribution in [0.2, 0.25) is 0 Å². The van der Waals surface area contributed by atoms with Crippen molar-refractivity contribution in [2.24, 2.45) is 9.98 Å². The van der Waals surface area contributed by atoms with Gasteiger partial charge in [-0.05, 0) is 84.8 Å². The van der Waals surface area contributed by atoms with E-state index in [2.05, 4.69) is 44.9 Å². The van der Waals surface area contributed by atoms with Crippen LogP contribution in [0.4, 0.5) is 0 Å². The zero-order chi connectivity index (χ0) is 29.6. The van der Waals surface area contributed by atoms with E-state index in [4.69, 9.17) is 9.98 Å². The Morgan fingerprint density at radius 2 is 1.02 bits per heavy atom. The quantitative estimate of drug-likeness (QED) is 0.168. The number of pyridine rings is 1. The summed E-state index contributed by atoms with van der Waals surface area (Å²) in [7, 11) is 8.30. The van der Waals surface area contributed by atoms with Crippen LogP contribution in [0.5, 0.6) is 11.8 Å². The first-order valence-corrected chi connectivity index (χ1v) is 16.0. The molecule has 0 saturated heterocycles. The van der Waals surface area contributed by atoms with Crippen LogP contribution in [0.15, 0.2) is 34.3 Å². The Morgan fingerprint density at radius 1 is 0.585 bits per heavy atom. The number of nitrogens with zero attached hydrogens (tertiary/aromatic N) is 5. The molecule has 3 aromatic rings. The lowest BCUT2D eigenvalue weighted by Gasteiger charge is -2.18. The molecule has 0 atom stereocenters. The van der Waals surface area contributed by atoms with Crippen molar-refractivity contribution in [2.45, 2.75) is 90.5 Å². The molecule has 2 N–H and O–H groups in total. The molecule has 0 amide bonds. The summed E-state index contributed by atoms with van der Waals surface area (Å²) in [5, 5.41) is 27.8. The summed E-state index contributed by atoms with van der Waals surface area (Å²) in [6, 6.07) is 7.93. The lowest BCUT2D eigenvalue weighted by molar-refractivity contribution is 0.358. The van der Waals surface area contributed by atoms with Gasteiger partial charge >= 0.3 is 0 Å². The van der Waals surface area contributed by atoms with Gasteiger partial charge in [0.05, 0.1) is 10.7 Å². The predicted octanol–water partition coefficient (Wildman–Crippen LogP) is 6.27. The smallest absolute Gasteiger partial charge is 0.201 e. The number of hydrogen-bond donors (Lipinski definition) is 2. The highest BCUT2D eigenvalue weighted by Gasteiger charge is 2.18. The lowest BCUT2D eigenvalue weighted by Crippen LogP contribution is -2.19. The number of unbranched alkanes of at least 4 members (excludes halogenated alkanes) is 9. The van der Waals surface area contributed by atoms with E-state index in [0.717, 1.165) is 71.0 Å². The van der Waals surface area contributed by atoms with E-state index >= 15 is 0 Å². The number of benzene rings is 2. The molecule has 7 heteroatoms. The van der Waals surface area contributed by atoms with Crippen molar-refractivity contribution >= 4 is 21.5 Å². The minimum Gasteiger partial charge on any atom is -0.494 e. The molecule has 0 aliphatic rings. The Balaban J connectivity index is 1.86. The highest BCUT2D eigenvalue weighted by molar-refractivity contribution is 6.13. The van der Waals surface area contributed by atoms with Crippen LogP contribution in [0, 0.1) is 0 Å². The number of aromatic hydroxyl groups is 2. The van der Waals surface area contributed by atoms with Gasteiger partial charge in [-0.1, -0.05) is 64.7 Å². The van der Waals surface area contributed by atoms with Gasteiger partial charge in [-0.15, -0.1) is 0 Å². The molecule has 7 nitrogen and oxygen atoms in total. The highest BCUT2D eigenvalue weighted by Crippen LogP contribution is 2.37. The molecule has 0 unspecified atom stereocenters. The van der Waals surface area contributed by atoms with Crippen LogP contribution < -0.4 is 10.7 Å². The average molecular weight is 566 g/mol. The Labute approximate surface area is 247 Å². The van der Waals surface area contributed by atoms with Gasteiger partial charge in [-0.3, -0.25) is 14.6 Å². The molecule has 3 rings (SSSR count). The molecular formula is C34H55N5O2. The molecule has 0 spiro atoms. The van der Waals surface area contributed by atoms with Crippen molar-refractivity contribution in [1.82, 2.24) is 14.4 Å². The first kappa shape index (κ1) is 32.9. The Hall–Kier alpha value is -2.64. The fourth-order valence-corrected chi connectivity index (χ4v) is 5.63. The number of aromatic nitrogens is 1. The maximum atomic E-state index is 11.4. The van der Waals surface area contributed by atoms with Crippen molar-refractivity contribution in [1.29, 1.82) is 0 Å². The van der Waals surface area contributed by atoms with Gasteiger partial charge in [0, 0.05) is 41.2 Å². The van der Waals surface area contributed by atoms with Gasteiger partial charge in [0.2, 0.25) is 11.8 Å². The maximum absolute atomic E-state index is 11.4. The Kier molecular flexibility index (Phi) is 13.9. The van der Waals surface area contributed by atoms with E-state index in [0.29, 0.717) is 19.6 Å². The van der Waals surface area contributed by atoms with Crippen LogP contribution in [-0.4, -0.2) is 78.9 Å². The van der Waals surface area contributed by atoms with Crippen molar-refractivity contribution in [3.63, 3.8) is 0 Å². The third kappa shape index (κ3) is 9.71. The third-order valence-electron chi connectivity index (χ3n) is 7.94. The largest absolute Gasteiger partial charge is 0.494 e. The van der Waals surface area contributed by atoms with Gasteiger partial charge in [-0.2, -0.15) is 0 Å². The monoisotopic (exact) mass is 565 g/mol. The fourth-order valence-electron chi connectivity index (χ4n) is 5.63. The van der Waals surface area contributed by atoms with Crippen LogP contribution in [0.25, 0.3) is 21.5 Å². The summed E-state index contributed by atoms with van der Waals surface area (Å²) in [5.74, 6) is 0.250. The van der Waals surface area contributed by atoms with Gasteiger partial charge in [-0.25, -0.2) is 0 Å². The van der Waals surface area contributed by atoms with E-state index in [1.54, 1.807) is 4.57 Å². The van der Waals surface area contributed by atoms with Crippen LogP contribution >= 0.6 is 0 Å². The second-order valence-electron chi connectivity index (χ2n) is 12.1. The normalized spacial score (nSPS) is 13.1. The number of hydrogen-bond acceptors (Lipinski definition) is 6. The third-order valence-corrected chi connectivity index (χ3v) is 7.94. The molecule has 228 valence electrons. The molecule has 0 bridgehead atoms. The van der Waals surface area contributed by atoms with E-state index < -0.39 is 0 Å². The number of rotatable bonds is 19. The maximum Gasteiger partial charge on any atom is 0.201 e. The zero-order valence-electron chi connectivity index (χ0n) is 26.5. The first-order chi connectivity index (χ1) is 19.8. The minimum absolute atomic E-state index is 0.125. The Bertz CT molecular complexity index is 1240. The summed E-state index contributed by atoms with van der Waals surface area (Å²) < 4.78 is 1.68.